The number of ether oxygens (including phenoxy) is 1. The summed E-state index contributed by atoms with van der Waals surface area (Å²) in [5, 5.41) is 12.3. The number of aliphatic hydroxyl groups excluding tert-OH is 1. The Hall–Kier alpha value is -2.54. The van der Waals surface area contributed by atoms with E-state index in [-0.39, 0.29) is 31.3 Å². The van der Waals surface area contributed by atoms with Crippen LogP contribution in [-0.2, 0) is 11.2 Å². The molecule has 1 atom stereocenters. The van der Waals surface area contributed by atoms with E-state index in [0.717, 1.165) is 6.20 Å². The zero-order valence-electron chi connectivity index (χ0n) is 12.9. The Kier molecular flexibility index (Phi) is 6.62. The number of halogens is 2. The van der Waals surface area contributed by atoms with Gasteiger partial charge in [-0.15, -0.1) is 0 Å². The average molecular weight is 336 g/mol. The third-order valence-electron chi connectivity index (χ3n) is 3.19. The van der Waals surface area contributed by atoms with E-state index >= 15 is 0 Å². The van der Waals surface area contributed by atoms with Crippen molar-refractivity contribution in [2.75, 3.05) is 13.2 Å². The van der Waals surface area contributed by atoms with Gasteiger partial charge in [0.15, 0.2) is 0 Å². The van der Waals surface area contributed by atoms with Gasteiger partial charge >= 0.3 is 0 Å². The van der Waals surface area contributed by atoms with Gasteiger partial charge in [-0.05, 0) is 42.3 Å². The van der Waals surface area contributed by atoms with Gasteiger partial charge in [-0.25, -0.2) is 8.78 Å². The first-order chi connectivity index (χ1) is 11.5. The van der Waals surface area contributed by atoms with Crippen molar-refractivity contribution in [2.24, 2.45) is 0 Å². The smallest absolute Gasteiger partial charge is 0.220 e. The number of rotatable bonds is 8. The molecular weight excluding hydrogens is 318 g/mol. The Labute approximate surface area is 138 Å². The largest absolute Gasteiger partial charge is 0.491 e. The van der Waals surface area contributed by atoms with Crippen molar-refractivity contribution in [2.45, 2.75) is 18.9 Å². The first-order valence-corrected chi connectivity index (χ1v) is 7.45. The van der Waals surface area contributed by atoms with Crippen molar-refractivity contribution in [1.29, 1.82) is 0 Å². The molecule has 0 bridgehead atoms. The van der Waals surface area contributed by atoms with Gasteiger partial charge in [-0.3, -0.25) is 9.78 Å². The number of benzene rings is 1. The molecule has 0 saturated heterocycles. The van der Waals surface area contributed by atoms with Crippen molar-refractivity contribution in [1.82, 2.24) is 10.3 Å². The van der Waals surface area contributed by atoms with Gasteiger partial charge in [-0.2, -0.15) is 0 Å². The van der Waals surface area contributed by atoms with Crippen molar-refractivity contribution < 1.29 is 23.4 Å². The molecule has 1 heterocycles. The van der Waals surface area contributed by atoms with E-state index in [4.69, 9.17) is 4.74 Å². The van der Waals surface area contributed by atoms with E-state index in [1.54, 1.807) is 0 Å². The van der Waals surface area contributed by atoms with Gasteiger partial charge in [0.05, 0.1) is 6.20 Å². The molecule has 0 aliphatic carbocycles. The van der Waals surface area contributed by atoms with Gasteiger partial charge in [0.2, 0.25) is 5.91 Å². The molecule has 1 aromatic carbocycles. The highest BCUT2D eigenvalue weighted by Crippen LogP contribution is 2.11. The van der Waals surface area contributed by atoms with Crippen LogP contribution >= 0.6 is 0 Å². The minimum Gasteiger partial charge on any atom is -0.491 e. The van der Waals surface area contributed by atoms with E-state index in [9.17, 15) is 18.7 Å². The number of aryl methyl sites for hydroxylation is 1. The Morgan fingerprint density at radius 1 is 1.21 bits per heavy atom. The van der Waals surface area contributed by atoms with Gasteiger partial charge in [-0.1, -0.05) is 0 Å². The average Bonchev–Trinajstić information content (AvgIpc) is 2.57. The lowest BCUT2D eigenvalue weighted by Gasteiger charge is -2.13. The Bertz CT molecular complexity index is 665. The molecule has 0 spiro atoms. The molecule has 1 unspecified atom stereocenters. The fourth-order valence-electron chi connectivity index (χ4n) is 1.95. The van der Waals surface area contributed by atoms with Crippen LogP contribution < -0.4 is 10.1 Å². The maximum atomic E-state index is 13.0. The Morgan fingerprint density at radius 3 is 2.67 bits per heavy atom. The summed E-state index contributed by atoms with van der Waals surface area (Å²) < 4.78 is 31.0. The second-order valence-electron chi connectivity index (χ2n) is 5.23. The van der Waals surface area contributed by atoms with E-state index in [1.165, 1.54) is 36.5 Å². The van der Waals surface area contributed by atoms with Crippen LogP contribution in [0.15, 0.2) is 42.7 Å². The molecule has 2 rings (SSSR count). The lowest BCUT2D eigenvalue weighted by molar-refractivity contribution is -0.121. The minimum absolute atomic E-state index is 0.0280. The highest BCUT2D eigenvalue weighted by Gasteiger charge is 2.09. The van der Waals surface area contributed by atoms with E-state index in [1.807, 2.05) is 0 Å². The first kappa shape index (κ1) is 17.8. The zero-order chi connectivity index (χ0) is 17.4. The van der Waals surface area contributed by atoms with Crippen molar-refractivity contribution in [3.63, 3.8) is 0 Å². The summed E-state index contributed by atoms with van der Waals surface area (Å²) in [6.45, 7) is 0.00115. The van der Waals surface area contributed by atoms with Crippen LogP contribution in [0.5, 0.6) is 5.75 Å². The van der Waals surface area contributed by atoms with Crippen LogP contribution in [0.1, 0.15) is 12.0 Å². The summed E-state index contributed by atoms with van der Waals surface area (Å²) in [4.78, 5) is 15.4. The summed E-state index contributed by atoms with van der Waals surface area (Å²) in [7, 11) is 0. The number of nitrogens with one attached hydrogen (secondary N) is 1. The minimum atomic E-state index is -0.894. The predicted octanol–water partition coefficient (Wildman–Crippen LogP) is 1.85. The Morgan fingerprint density at radius 2 is 1.96 bits per heavy atom. The quantitative estimate of drug-likeness (QED) is 0.772. The molecule has 2 N–H and O–H groups in total. The van der Waals surface area contributed by atoms with Crippen LogP contribution in [0.25, 0.3) is 0 Å². The monoisotopic (exact) mass is 336 g/mol. The SMILES string of the molecule is O=C(CCc1cncc(F)c1)NCC(O)COc1ccc(F)cc1. The molecule has 7 heteroatoms. The fourth-order valence-corrected chi connectivity index (χ4v) is 1.95. The number of aromatic nitrogens is 1. The topological polar surface area (TPSA) is 71.5 Å². The number of hydrogen-bond donors (Lipinski definition) is 2. The van der Waals surface area contributed by atoms with Gasteiger partial charge in [0, 0.05) is 19.2 Å². The van der Waals surface area contributed by atoms with Crippen LogP contribution in [0, 0.1) is 11.6 Å². The third kappa shape index (κ3) is 6.29. The molecule has 24 heavy (non-hydrogen) atoms. The number of hydrogen-bond acceptors (Lipinski definition) is 4. The number of nitrogens with zero attached hydrogens (tertiary/aromatic N) is 1. The highest BCUT2D eigenvalue weighted by atomic mass is 19.1. The molecule has 128 valence electrons. The molecular formula is C17H18F2N2O3. The van der Waals surface area contributed by atoms with Gasteiger partial charge < -0.3 is 15.2 Å². The van der Waals surface area contributed by atoms with Gasteiger partial charge in [0.25, 0.3) is 0 Å². The molecule has 0 saturated carbocycles. The van der Waals surface area contributed by atoms with Crippen molar-refractivity contribution >= 4 is 5.91 Å². The molecule has 0 radical (unpaired) electrons. The summed E-state index contributed by atoms with van der Waals surface area (Å²) >= 11 is 0. The predicted molar refractivity (Wildman–Crippen MR) is 83.4 cm³/mol. The second-order valence-corrected chi connectivity index (χ2v) is 5.23. The molecule has 2 aromatic rings. The van der Waals surface area contributed by atoms with Crippen LogP contribution in [-0.4, -0.2) is 35.3 Å². The molecule has 1 amide bonds. The molecule has 0 fully saturated rings. The summed E-state index contributed by atoms with van der Waals surface area (Å²) in [5.74, 6) is -0.648. The number of pyridine rings is 1. The standard InChI is InChI=1S/C17H18F2N2O3/c18-13-2-4-16(5-3-13)24-11-15(22)10-21-17(23)6-1-12-7-14(19)9-20-8-12/h2-5,7-9,15,22H,1,6,10-11H2,(H,21,23). The van der Waals surface area contributed by atoms with Gasteiger partial charge in [0.1, 0.15) is 30.1 Å². The highest BCUT2D eigenvalue weighted by molar-refractivity contribution is 5.76. The lowest BCUT2D eigenvalue weighted by Crippen LogP contribution is -2.35. The fraction of sp³-hybridized carbons (Fsp3) is 0.294. The maximum Gasteiger partial charge on any atom is 0.220 e. The normalized spacial score (nSPS) is 11.8. The molecule has 0 aliphatic heterocycles. The Balaban J connectivity index is 1.64. The van der Waals surface area contributed by atoms with Crippen molar-refractivity contribution in [3.8, 4) is 5.75 Å². The van der Waals surface area contributed by atoms with E-state index in [0.29, 0.717) is 17.7 Å². The zero-order valence-corrected chi connectivity index (χ0v) is 12.9. The number of aliphatic hydroxyl groups is 1. The van der Waals surface area contributed by atoms with Crippen LogP contribution in [0.4, 0.5) is 8.78 Å². The third-order valence-corrected chi connectivity index (χ3v) is 3.19. The summed E-state index contributed by atoms with van der Waals surface area (Å²) in [6, 6.07) is 6.74. The van der Waals surface area contributed by atoms with Crippen molar-refractivity contribution in [3.05, 3.63) is 59.9 Å². The van der Waals surface area contributed by atoms with Crippen LogP contribution in [0.3, 0.4) is 0 Å². The molecule has 5 nitrogen and oxygen atoms in total. The molecule has 0 aliphatic rings. The molecule has 1 aromatic heterocycles. The lowest BCUT2D eigenvalue weighted by atomic mass is 10.1. The summed E-state index contributed by atoms with van der Waals surface area (Å²) in [6.07, 6.45) is 2.23. The second kappa shape index (κ2) is 8.93. The number of carbonyl (C=O) groups excluding carboxylic acids is 1. The van der Waals surface area contributed by atoms with E-state index in [2.05, 4.69) is 10.3 Å². The summed E-state index contributed by atoms with van der Waals surface area (Å²) in [5.41, 5.74) is 0.630. The first-order valence-electron chi connectivity index (χ1n) is 7.45. The van der Waals surface area contributed by atoms with E-state index < -0.39 is 11.9 Å². The van der Waals surface area contributed by atoms with Crippen LogP contribution in [0.2, 0.25) is 0 Å². The number of amides is 1. The maximum absolute atomic E-state index is 13.0. The number of carbonyl (C=O) groups is 1.